The van der Waals surface area contributed by atoms with Gasteiger partial charge in [0.15, 0.2) is 11.6 Å². The van der Waals surface area contributed by atoms with E-state index in [-0.39, 0.29) is 54.9 Å². The average Bonchev–Trinajstić information content (AvgIpc) is 3.65. The molecular formula is C47H68N4O7. The van der Waals surface area contributed by atoms with Gasteiger partial charge >= 0.3 is 12.2 Å². The van der Waals surface area contributed by atoms with Crippen molar-refractivity contribution in [3.8, 4) is 0 Å². The molecule has 1 fully saturated rings. The molecule has 11 nitrogen and oxygen atoms in total. The molecule has 0 aliphatic carbocycles. The number of Topliss-reactive ketones (excluding diaryl/α,β-unsaturated/α-hetero) is 2. The van der Waals surface area contributed by atoms with Crippen LogP contribution in [0, 0.1) is 23.7 Å². The SMILES string of the molecule is C=C([C@H](/C=C/[C@H](CC(C)C)NC(=O)OC(C)(C)C)Cc1ccccc1)N1CCC[C@H]1C(=O)C[C@H](C(=O)N[C@@H](CCCNC(=O)OCc1ccccc1)C(C)=O)C(C)C. The van der Waals surface area contributed by atoms with E-state index in [1.807, 2.05) is 89.2 Å². The molecule has 1 saturated heterocycles. The summed E-state index contributed by atoms with van der Waals surface area (Å²) in [6.45, 7) is 20.6. The van der Waals surface area contributed by atoms with Crippen LogP contribution < -0.4 is 16.0 Å². The van der Waals surface area contributed by atoms with Gasteiger partial charge < -0.3 is 30.3 Å². The molecule has 1 aliphatic heterocycles. The first-order valence-corrected chi connectivity index (χ1v) is 20.9. The minimum atomic E-state index is -0.747. The molecule has 3 N–H and O–H groups in total. The third-order valence-electron chi connectivity index (χ3n) is 10.2. The lowest BCUT2D eigenvalue weighted by Crippen LogP contribution is -2.46. The van der Waals surface area contributed by atoms with Crippen LogP contribution in [0.5, 0.6) is 0 Å². The van der Waals surface area contributed by atoms with Crippen molar-refractivity contribution >= 4 is 29.7 Å². The van der Waals surface area contributed by atoms with E-state index in [2.05, 4.69) is 59.5 Å². The lowest BCUT2D eigenvalue weighted by atomic mass is 9.86. The lowest BCUT2D eigenvalue weighted by Gasteiger charge is -2.33. The van der Waals surface area contributed by atoms with Crippen molar-refractivity contribution in [2.45, 2.75) is 131 Å². The zero-order valence-corrected chi connectivity index (χ0v) is 36.1. The number of nitrogens with zero attached hydrogens (tertiary/aromatic N) is 1. The van der Waals surface area contributed by atoms with Gasteiger partial charge in [-0.25, -0.2) is 9.59 Å². The Morgan fingerprint density at radius 2 is 1.53 bits per heavy atom. The maximum absolute atomic E-state index is 14.2. The Morgan fingerprint density at radius 3 is 2.12 bits per heavy atom. The van der Waals surface area contributed by atoms with Crippen molar-refractivity contribution in [2.75, 3.05) is 13.1 Å². The third-order valence-corrected chi connectivity index (χ3v) is 10.2. The average molecular weight is 801 g/mol. The molecule has 2 aromatic carbocycles. The molecule has 0 unspecified atom stereocenters. The third kappa shape index (κ3) is 16.9. The summed E-state index contributed by atoms with van der Waals surface area (Å²) in [6.07, 6.45) is 6.74. The Kier molecular flexibility index (Phi) is 19.2. The van der Waals surface area contributed by atoms with Gasteiger partial charge in [0.1, 0.15) is 12.2 Å². The minimum absolute atomic E-state index is 0.0307. The Labute approximate surface area is 346 Å². The number of carbonyl (C=O) groups excluding carboxylic acids is 5. The Morgan fingerprint density at radius 1 is 0.897 bits per heavy atom. The van der Waals surface area contributed by atoms with E-state index < -0.39 is 35.8 Å². The van der Waals surface area contributed by atoms with E-state index in [1.54, 1.807) is 0 Å². The normalized spacial score (nSPS) is 16.4. The minimum Gasteiger partial charge on any atom is -0.445 e. The second-order valence-electron chi connectivity index (χ2n) is 17.2. The fraction of sp³-hybridized carbons (Fsp3) is 0.553. The molecule has 1 aliphatic rings. The van der Waals surface area contributed by atoms with Crippen LogP contribution in [0.25, 0.3) is 0 Å². The van der Waals surface area contributed by atoms with Crippen molar-refractivity contribution in [3.05, 3.63) is 96.2 Å². The van der Waals surface area contributed by atoms with E-state index >= 15 is 0 Å². The van der Waals surface area contributed by atoms with Crippen LogP contribution in [0.15, 0.2) is 85.1 Å². The van der Waals surface area contributed by atoms with Crippen LogP contribution in [-0.4, -0.2) is 71.4 Å². The standard InChI is InChI=1S/C47H68N4O7/c1-32(2)28-39(49-46(56)58-47(7,8)9)25-24-38(29-36-18-12-10-13-19-36)34(5)51-27-17-23-42(51)43(53)30-40(33(3)4)44(54)50-41(35(6)52)22-16-26-48-45(55)57-31-37-20-14-11-15-21-37/h10-15,18-21,24-25,32-33,38-42H,5,16-17,22-23,26-31H2,1-4,6-9H3,(H,48,55)(H,49,56)(H,50,54)/b25-24+/t38-,39-,40+,41+,42+/m1/s1. The summed E-state index contributed by atoms with van der Waals surface area (Å²) < 4.78 is 10.8. The van der Waals surface area contributed by atoms with Gasteiger partial charge in [0.05, 0.1) is 18.1 Å². The molecule has 2 aromatic rings. The number of ether oxygens (including phenoxy) is 2. The van der Waals surface area contributed by atoms with Crippen LogP contribution >= 0.6 is 0 Å². The first kappa shape index (κ1) is 47.4. The Hall–Kier alpha value is -4.93. The molecule has 58 heavy (non-hydrogen) atoms. The molecule has 0 aromatic heterocycles. The predicted octanol–water partition coefficient (Wildman–Crippen LogP) is 8.33. The number of alkyl carbamates (subject to hydrolysis) is 2. The number of ketones is 2. The van der Waals surface area contributed by atoms with Crippen molar-refractivity contribution < 1.29 is 33.4 Å². The summed E-state index contributed by atoms with van der Waals surface area (Å²) in [5.74, 6) is -1.19. The quantitative estimate of drug-likeness (QED) is 0.0797. The van der Waals surface area contributed by atoms with Crippen LogP contribution in [-0.2, 0) is 36.9 Å². The van der Waals surface area contributed by atoms with E-state index in [1.165, 1.54) is 6.92 Å². The summed E-state index contributed by atoms with van der Waals surface area (Å²) >= 11 is 0. The highest BCUT2D eigenvalue weighted by Crippen LogP contribution is 2.31. The lowest BCUT2D eigenvalue weighted by molar-refractivity contribution is -0.134. The predicted molar refractivity (Wildman–Crippen MR) is 229 cm³/mol. The van der Waals surface area contributed by atoms with Crippen molar-refractivity contribution in [2.24, 2.45) is 23.7 Å². The van der Waals surface area contributed by atoms with Gasteiger partial charge in [-0.2, -0.15) is 0 Å². The molecule has 5 atom stereocenters. The molecule has 0 radical (unpaired) electrons. The Balaban J connectivity index is 1.67. The molecular weight excluding hydrogens is 733 g/mol. The first-order valence-electron chi connectivity index (χ1n) is 20.9. The van der Waals surface area contributed by atoms with Crippen molar-refractivity contribution in [1.29, 1.82) is 0 Å². The van der Waals surface area contributed by atoms with E-state index in [0.717, 1.165) is 29.7 Å². The summed E-state index contributed by atoms with van der Waals surface area (Å²) in [6, 6.07) is 18.0. The first-order chi connectivity index (χ1) is 27.4. The van der Waals surface area contributed by atoms with E-state index in [9.17, 15) is 24.0 Å². The molecule has 3 rings (SSSR count). The number of hydrogen-bond acceptors (Lipinski definition) is 8. The number of carbonyl (C=O) groups is 5. The number of nitrogens with one attached hydrogen (secondary N) is 3. The number of amides is 3. The highest BCUT2D eigenvalue weighted by molar-refractivity contribution is 5.92. The van der Waals surface area contributed by atoms with Gasteiger partial charge in [-0.3, -0.25) is 14.4 Å². The molecule has 11 heteroatoms. The maximum atomic E-state index is 14.2. The fourth-order valence-electron chi connectivity index (χ4n) is 7.15. The zero-order valence-electron chi connectivity index (χ0n) is 36.1. The summed E-state index contributed by atoms with van der Waals surface area (Å²) in [5.41, 5.74) is 2.19. The number of hydrogen-bond donors (Lipinski definition) is 3. The second kappa shape index (κ2) is 23.5. The van der Waals surface area contributed by atoms with E-state index in [4.69, 9.17) is 9.47 Å². The number of rotatable bonds is 22. The summed E-state index contributed by atoms with van der Waals surface area (Å²) in [4.78, 5) is 67.5. The molecule has 3 amide bonds. The van der Waals surface area contributed by atoms with Crippen LogP contribution in [0.3, 0.4) is 0 Å². The number of allylic oxidation sites excluding steroid dienone is 1. The van der Waals surface area contributed by atoms with Gasteiger partial charge in [-0.15, -0.1) is 0 Å². The Bertz CT molecular complexity index is 1670. The zero-order chi connectivity index (χ0) is 42.8. The molecule has 0 bridgehead atoms. The molecule has 0 saturated carbocycles. The number of likely N-dealkylation sites (tertiary alicyclic amines) is 1. The number of benzene rings is 2. The summed E-state index contributed by atoms with van der Waals surface area (Å²) in [5, 5.41) is 8.64. The van der Waals surface area contributed by atoms with Crippen molar-refractivity contribution in [1.82, 2.24) is 20.9 Å². The van der Waals surface area contributed by atoms with Gasteiger partial charge in [0.25, 0.3) is 0 Å². The fourth-order valence-corrected chi connectivity index (χ4v) is 7.15. The van der Waals surface area contributed by atoms with Crippen molar-refractivity contribution in [3.63, 3.8) is 0 Å². The molecule has 1 heterocycles. The van der Waals surface area contributed by atoms with Crippen LogP contribution in [0.4, 0.5) is 9.59 Å². The van der Waals surface area contributed by atoms with Gasteiger partial charge in [-0.1, -0.05) is 107 Å². The van der Waals surface area contributed by atoms with Crippen LogP contribution in [0.1, 0.15) is 105 Å². The topological polar surface area (TPSA) is 143 Å². The van der Waals surface area contributed by atoms with Gasteiger partial charge in [-0.05, 0) is 89.2 Å². The van der Waals surface area contributed by atoms with Gasteiger partial charge in [0.2, 0.25) is 5.91 Å². The highest BCUT2D eigenvalue weighted by Gasteiger charge is 2.37. The van der Waals surface area contributed by atoms with Crippen LogP contribution in [0.2, 0.25) is 0 Å². The smallest absolute Gasteiger partial charge is 0.408 e. The monoisotopic (exact) mass is 801 g/mol. The molecule has 0 spiro atoms. The maximum Gasteiger partial charge on any atom is 0.408 e. The summed E-state index contributed by atoms with van der Waals surface area (Å²) in [7, 11) is 0. The highest BCUT2D eigenvalue weighted by atomic mass is 16.6. The second-order valence-corrected chi connectivity index (χ2v) is 17.2. The van der Waals surface area contributed by atoms with Gasteiger partial charge in [0, 0.05) is 37.0 Å². The largest absolute Gasteiger partial charge is 0.445 e. The molecule has 318 valence electrons. The van der Waals surface area contributed by atoms with E-state index in [0.29, 0.717) is 38.1 Å².